The Hall–Kier alpha value is -2.71. The number of nitrogens with zero attached hydrogens (tertiary/aromatic N) is 3. The summed E-state index contributed by atoms with van der Waals surface area (Å²) in [6.07, 6.45) is 0. The summed E-state index contributed by atoms with van der Waals surface area (Å²) in [5.74, 6) is -0.575. The van der Waals surface area contributed by atoms with E-state index in [-0.39, 0.29) is 4.90 Å². The number of hydrogen-bond acceptors (Lipinski definition) is 6. The molecule has 1 saturated heterocycles. The van der Waals surface area contributed by atoms with Crippen molar-refractivity contribution in [1.82, 2.24) is 4.90 Å². The number of benzene rings is 2. The number of carbonyl (C=O) groups is 1. The Labute approximate surface area is 170 Å². The lowest BCUT2D eigenvalue weighted by Gasteiger charge is -2.31. The Morgan fingerprint density at radius 1 is 1.10 bits per heavy atom. The van der Waals surface area contributed by atoms with Gasteiger partial charge in [0.05, 0.1) is 30.3 Å². The van der Waals surface area contributed by atoms with E-state index < -0.39 is 20.8 Å². The van der Waals surface area contributed by atoms with Crippen molar-refractivity contribution in [3.63, 3.8) is 0 Å². The molecule has 0 saturated carbocycles. The molecule has 29 heavy (non-hydrogen) atoms. The zero-order valence-corrected chi connectivity index (χ0v) is 17.3. The van der Waals surface area contributed by atoms with Gasteiger partial charge in [-0.2, -0.15) is 5.10 Å². The quantitative estimate of drug-likeness (QED) is 0.771. The van der Waals surface area contributed by atoms with Crippen molar-refractivity contribution in [2.24, 2.45) is 5.10 Å². The van der Waals surface area contributed by atoms with E-state index in [0.717, 1.165) is 16.7 Å². The minimum absolute atomic E-state index is 0.114. The zero-order valence-electron chi connectivity index (χ0n) is 16.5. The van der Waals surface area contributed by atoms with Crippen LogP contribution in [0.25, 0.3) is 0 Å². The maximum Gasteiger partial charge on any atom is 0.286 e. The molecule has 0 unspecified atom stereocenters. The molecule has 0 atom stereocenters. The molecule has 8 heteroatoms. The normalized spacial score (nSPS) is 18.2. The minimum atomic E-state index is -4.01. The molecule has 7 nitrogen and oxygen atoms in total. The van der Waals surface area contributed by atoms with Crippen LogP contribution in [0, 0.1) is 13.8 Å². The molecule has 4 rings (SSSR count). The van der Waals surface area contributed by atoms with Gasteiger partial charge in [0.15, 0.2) is 0 Å². The molecule has 0 N–H and O–H groups in total. The number of hydrogen-bond donors (Lipinski definition) is 0. The van der Waals surface area contributed by atoms with Crippen LogP contribution in [-0.2, 0) is 25.9 Å². The summed E-state index contributed by atoms with van der Waals surface area (Å²) < 4.78 is 31.7. The van der Waals surface area contributed by atoms with Crippen LogP contribution in [0.15, 0.2) is 52.5 Å². The Morgan fingerprint density at radius 2 is 1.83 bits per heavy atom. The van der Waals surface area contributed by atoms with Gasteiger partial charge in [0.25, 0.3) is 5.91 Å². The van der Waals surface area contributed by atoms with Crippen LogP contribution in [0.5, 0.6) is 0 Å². The second-order valence-corrected chi connectivity index (χ2v) is 9.10. The number of hydrazone groups is 1. The number of rotatable bonds is 3. The molecule has 2 heterocycles. The molecule has 0 radical (unpaired) electrons. The first-order valence-corrected chi connectivity index (χ1v) is 11.0. The molecule has 1 amide bonds. The Kier molecular flexibility index (Phi) is 5.14. The van der Waals surface area contributed by atoms with E-state index in [1.165, 1.54) is 4.90 Å². The lowest BCUT2D eigenvalue weighted by atomic mass is 10.1. The molecule has 152 valence electrons. The van der Waals surface area contributed by atoms with Crippen molar-refractivity contribution in [1.29, 1.82) is 0 Å². The van der Waals surface area contributed by atoms with Crippen LogP contribution in [0.2, 0.25) is 0 Å². The SMILES string of the molecule is Cc1ccc2c(c1)N(Cc1ccccc1C)N=C(C(=O)N1CCOCC1)S2(=O)=O. The van der Waals surface area contributed by atoms with Crippen LogP contribution in [0.4, 0.5) is 5.69 Å². The van der Waals surface area contributed by atoms with E-state index >= 15 is 0 Å². The average molecular weight is 413 g/mol. The first kappa shape index (κ1) is 19.6. The molecular weight excluding hydrogens is 390 g/mol. The summed E-state index contributed by atoms with van der Waals surface area (Å²) in [5, 5.41) is 5.56. The fourth-order valence-electron chi connectivity index (χ4n) is 3.51. The zero-order chi connectivity index (χ0) is 20.6. The highest BCUT2D eigenvalue weighted by molar-refractivity contribution is 8.08. The predicted molar refractivity (Wildman–Crippen MR) is 111 cm³/mol. The molecule has 0 spiro atoms. The first-order chi connectivity index (χ1) is 13.9. The second-order valence-electron chi connectivity index (χ2n) is 7.27. The first-order valence-electron chi connectivity index (χ1n) is 9.51. The standard InChI is InChI=1S/C21H23N3O4S/c1-15-7-8-19-18(13-15)24(14-17-6-4-3-5-16(17)2)22-20(29(19,26)27)21(25)23-9-11-28-12-10-23/h3-8,13H,9-12,14H2,1-2H3. The van der Waals surface area contributed by atoms with Crippen LogP contribution < -0.4 is 5.01 Å². The monoisotopic (exact) mass is 413 g/mol. The summed E-state index contributed by atoms with van der Waals surface area (Å²) in [6.45, 7) is 5.76. The largest absolute Gasteiger partial charge is 0.378 e. The van der Waals surface area contributed by atoms with Gasteiger partial charge in [-0.3, -0.25) is 9.80 Å². The van der Waals surface area contributed by atoms with E-state index in [4.69, 9.17) is 4.74 Å². The van der Waals surface area contributed by atoms with E-state index in [0.29, 0.717) is 38.5 Å². The summed E-state index contributed by atoms with van der Waals surface area (Å²) in [6, 6.07) is 13.0. The van der Waals surface area contributed by atoms with Crippen molar-refractivity contribution in [2.45, 2.75) is 25.3 Å². The van der Waals surface area contributed by atoms with Crippen molar-refractivity contribution in [3.05, 3.63) is 59.2 Å². The highest BCUT2D eigenvalue weighted by Crippen LogP contribution is 2.34. The van der Waals surface area contributed by atoms with E-state index in [9.17, 15) is 13.2 Å². The smallest absolute Gasteiger partial charge is 0.286 e. The van der Waals surface area contributed by atoms with Crippen molar-refractivity contribution >= 4 is 26.5 Å². The van der Waals surface area contributed by atoms with Crippen LogP contribution in [-0.4, -0.2) is 50.6 Å². The lowest BCUT2D eigenvalue weighted by molar-refractivity contribution is -0.127. The topological polar surface area (TPSA) is 79.3 Å². The molecule has 1 fully saturated rings. The van der Waals surface area contributed by atoms with Gasteiger partial charge in [-0.05, 0) is 42.7 Å². The molecule has 2 aromatic carbocycles. The maximum absolute atomic E-state index is 13.2. The molecular formula is C21H23N3O4S. The highest BCUT2D eigenvalue weighted by atomic mass is 32.2. The second kappa shape index (κ2) is 7.61. The van der Waals surface area contributed by atoms with Gasteiger partial charge in [-0.25, -0.2) is 8.42 Å². The highest BCUT2D eigenvalue weighted by Gasteiger charge is 2.39. The average Bonchev–Trinajstić information content (AvgIpc) is 2.71. The number of sulfone groups is 1. The van der Waals surface area contributed by atoms with Gasteiger partial charge in [0.2, 0.25) is 14.9 Å². The van der Waals surface area contributed by atoms with E-state index in [1.54, 1.807) is 23.2 Å². The molecule has 2 aromatic rings. The third kappa shape index (κ3) is 3.65. The van der Waals surface area contributed by atoms with Gasteiger partial charge in [-0.1, -0.05) is 30.3 Å². The number of amides is 1. The summed E-state index contributed by atoms with van der Waals surface area (Å²) in [4.78, 5) is 14.6. The fourth-order valence-corrected chi connectivity index (χ4v) is 4.97. The van der Waals surface area contributed by atoms with Crippen molar-refractivity contribution in [2.75, 3.05) is 31.3 Å². The summed E-state index contributed by atoms with van der Waals surface area (Å²) in [5.41, 5.74) is 3.51. The number of morpholine rings is 1. The molecule has 0 aromatic heterocycles. The third-order valence-electron chi connectivity index (χ3n) is 5.21. The van der Waals surface area contributed by atoms with Gasteiger partial charge < -0.3 is 9.64 Å². The molecule has 0 bridgehead atoms. The number of aryl methyl sites for hydroxylation is 2. The van der Waals surface area contributed by atoms with Gasteiger partial charge in [0.1, 0.15) is 0 Å². The van der Waals surface area contributed by atoms with E-state index in [1.807, 2.05) is 38.1 Å². The van der Waals surface area contributed by atoms with Crippen LogP contribution in [0.3, 0.4) is 0 Å². The molecule has 2 aliphatic heterocycles. The number of fused-ring (bicyclic) bond motifs is 1. The van der Waals surface area contributed by atoms with Gasteiger partial charge in [-0.15, -0.1) is 0 Å². The number of carbonyl (C=O) groups excluding carboxylic acids is 1. The fraction of sp³-hybridized carbons (Fsp3) is 0.333. The van der Waals surface area contributed by atoms with Gasteiger partial charge >= 0.3 is 0 Å². The number of anilines is 1. The summed E-state index contributed by atoms with van der Waals surface area (Å²) >= 11 is 0. The van der Waals surface area contributed by atoms with Crippen LogP contribution in [0.1, 0.15) is 16.7 Å². The molecule has 0 aliphatic carbocycles. The predicted octanol–water partition coefficient (Wildman–Crippen LogP) is 2.27. The Balaban J connectivity index is 1.80. The number of ether oxygens (including phenoxy) is 1. The minimum Gasteiger partial charge on any atom is -0.378 e. The Bertz CT molecular complexity index is 1090. The van der Waals surface area contributed by atoms with Crippen LogP contribution >= 0.6 is 0 Å². The lowest BCUT2D eigenvalue weighted by Crippen LogP contribution is -2.47. The van der Waals surface area contributed by atoms with E-state index in [2.05, 4.69) is 5.10 Å². The van der Waals surface area contributed by atoms with Gasteiger partial charge in [0, 0.05) is 13.1 Å². The Morgan fingerprint density at radius 3 is 2.55 bits per heavy atom. The summed E-state index contributed by atoms with van der Waals surface area (Å²) in [7, 11) is -4.01. The third-order valence-corrected chi connectivity index (χ3v) is 6.90. The molecule has 2 aliphatic rings. The van der Waals surface area contributed by atoms with Crippen molar-refractivity contribution < 1.29 is 17.9 Å². The maximum atomic E-state index is 13.2. The van der Waals surface area contributed by atoms with Crippen molar-refractivity contribution in [3.8, 4) is 0 Å².